The van der Waals surface area contributed by atoms with Crippen molar-refractivity contribution in [2.75, 3.05) is 0 Å². The lowest BCUT2D eigenvalue weighted by atomic mass is 10.0. The van der Waals surface area contributed by atoms with Crippen LogP contribution >= 0.6 is 0 Å². The van der Waals surface area contributed by atoms with Crippen molar-refractivity contribution in [1.82, 2.24) is 15.0 Å². The van der Waals surface area contributed by atoms with Crippen LogP contribution in [0.1, 0.15) is 0 Å². The van der Waals surface area contributed by atoms with E-state index in [0.29, 0.717) is 5.89 Å². The van der Waals surface area contributed by atoms with Gasteiger partial charge >= 0.3 is 0 Å². The smallest absolute Gasteiger partial charge is 0.249 e. The van der Waals surface area contributed by atoms with Crippen LogP contribution in [-0.4, -0.2) is 15.0 Å². The third kappa shape index (κ3) is 2.17. The average molecular weight is 327 g/mol. The maximum absolute atomic E-state index is 12.2. The van der Waals surface area contributed by atoms with Gasteiger partial charge in [-0.25, -0.2) is 4.98 Å². The highest BCUT2D eigenvalue weighted by Crippen LogP contribution is 2.32. The van der Waals surface area contributed by atoms with E-state index in [1.807, 2.05) is 48.5 Å². The van der Waals surface area contributed by atoms with Crippen LogP contribution in [0, 0.1) is 0 Å². The first kappa shape index (κ1) is 13.8. The molecule has 0 fully saturated rings. The first-order valence-electron chi connectivity index (χ1n) is 7.94. The standard InChI is InChI=1S/C20H13N3O2/c24-17-11-15(12-4-3-5-13(10-12)20-21-8-9-25-20)19-18(23-17)14-6-1-2-7-16(14)22-19/h1-11,22H,(H,23,24). The maximum atomic E-state index is 12.2. The minimum Gasteiger partial charge on any atom is -0.445 e. The van der Waals surface area contributed by atoms with Gasteiger partial charge in [0.1, 0.15) is 6.26 Å². The Morgan fingerprint density at radius 1 is 0.880 bits per heavy atom. The summed E-state index contributed by atoms with van der Waals surface area (Å²) in [5.74, 6) is 0.555. The van der Waals surface area contributed by atoms with Crippen LogP contribution in [0.15, 0.2) is 76.3 Å². The Kier molecular flexibility index (Phi) is 2.87. The molecule has 25 heavy (non-hydrogen) atoms. The highest BCUT2D eigenvalue weighted by atomic mass is 16.3. The van der Waals surface area contributed by atoms with Gasteiger partial charge in [-0.05, 0) is 23.8 Å². The van der Waals surface area contributed by atoms with E-state index in [9.17, 15) is 4.79 Å². The molecule has 0 aliphatic heterocycles. The van der Waals surface area contributed by atoms with E-state index in [4.69, 9.17) is 4.42 Å². The van der Waals surface area contributed by atoms with Gasteiger partial charge in [-0.2, -0.15) is 0 Å². The zero-order valence-corrected chi connectivity index (χ0v) is 13.1. The second kappa shape index (κ2) is 5.21. The first-order chi connectivity index (χ1) is 12.3. The fraction of sp³-hybridized carbons (Fsp3) is 0. The predicted molar refractivity (Wildman–Crippen MR) is 97.4 cm³/mol. The Hall–Kier alpha value is -3.60. The van der Waals surface area contributed by atoms with E-state index in [2.05, 4.69) is 15.0 Å². The highest BCUT2D eigenvalue weighted by Gasteiger charge is 2.12. The van der Waals surface area contributed by atoms with Crippen molar-refractivity contribution in [1.29, 1.82) is 0 Å². The molecule has 120 valence electrons. The third-order valence-corrected chi connectivity index (χ3v) is 4.35. The molecule has 0 unspecified atom stereocenters. The molecule has 0 aliphatic rings. The van der Waals surface area contributed by atoms with Gasteiger partial charge in [-0.1, -0.05) is 30.3 Å². The monoisotopic (exact) mass is 327 g/mol. The van der Waals surface area contributed by atoms with Crippen LogP contribution in [0.25, 0.3) is 44.5 Å². The molecule has 5 aromatic rings. The van der Waals surface area contributed by atoms with Crippen molar-refractivity contribution < 1.29 is 4.42 Å². The van der Waals surface area contributed by atoms with Crippen molar-refractivity contribution in [2.45, 2.75) is 0 Å². The molecule has 0 amide bonds. The van der Waals surface area contributed by atoms with E-state index in [1.54, 1.807) is 18.5 Å². The van der Waals surface area contributed by atoms with Gasteiger partial charge in [-0.15, -0.1) is 0 Å². The Balaban J connectivity index is 1.81. The fourth-order valence-electron chi connectivity index (χ4n) is 3.25. The van der Waals surface area contributed by atoms with Crippen LogP contribution in [0.5, 0.6) is 0 Å². The van der Waals surface area contributed by atoms with Gasteiger partial charge < -0.3 is 14.4 Å². The van der Waals surface area contributed by atoms with E-state index in [-0.39, 0.29) is 5.56 Å². The summed E-state index contributed by atoms with van der Waals surface area (Å²) in [6.07, 6.45) is 3.16. The van der Waals surface area contributed by atoms with Gasteiger partial charge in [0.25, 0.3) is 0 Å². The van der Waals surface area contributed by atoms with Crippen molar-refractivity contribution in [2.24, 2.45) is 0 Å². The largest absolute Gasteiger partial charge is 0.445 e. The van der Waals surface area contributed by atoms with Gasteiger partial charge in [0.15, 0.2) is 0 Å². The normalized spacial score (nSPS) is 11.4. The summed E-state index contributed by atoms with van der Waals surface area (Å²) in [6.45, 7) is 0. The van der Waals surface area contributed by atoms with Gasteiger partial charge in [0.2, 0.25) is 11.4 Å². The molecule has 0 atom stereocenters. The van der Waals surface area contributed by atoms with Gasteiger partial charge in [-0.3, -0.25) is 4.79 Å². The third-order valence-electron chi connectivity index (χ3n) is 4.35. The molecular weight excluding hydrogens is 314 g/mol. The van der Waals surface area contributed by atoms with Crippen LogP contribution in [0.3, 0.4) is 0 Å². The summed E-state index contributed by atoms with van der Waals surface area (Å²) >= 11 is 0. The molecule has 5 heteroatoms. The van der Waals surface area contributed by atoms with Crippen LogP contribution in [-0.2, 0) is 0 Å². The van der Waals surface area contributed by atoms with Crippen LogP contribution in [0.4, 0.5) is 0 Å². The first-order valence-corrected chi connectivity index (χ1v) is 7.94. The summed E-state index contributed by atoms with van der Waals surface area (Å²) < 4.78 is 5.38. The van der Waals surface area contributed by atoms with Gasteiger partial charge in [0.05, 0.1) is 17.2 Å². The number of aromatic nitrogens is 3. The summed E-state index contributed by atoms with van der Waals surface area (Å²) in [4.78, 5) is 22.8. The van der Waals surface area contributed by atoms with E-state index < -0.39 is 0 Å². The summed E-state index contributed by atoms with van der Waals surface area (Å²) in [7, 11) is 0. The molecule has 3 heterocycles. The summed E-state index contributed by atoms with van der Waals surface area (Å²) in [5.41, 5.74) is 5.23. The van der Waals surface area contributed by atoms with Crippen LogP contribution < -0.4 is 5.56 Å². The Bertz CT molecular complexity index is 1260. The molecule has 5 nitrogen and oxygen atoms in total. The number of H-pyrrole nitrogens is 2. The van der Waals surface area contributed by atoms with Crippen LogP contribution in [0.2, 0.25) is 0 Å². The number of oxazole rings is 1. The second-order valence-electron chi connectivity index (χ2n) is 5.89. The molecule has 0 spiro atoms. The highest BCUT2D eigenvalue weighted by molar-refractivity contribution is 6.09. The lowest BCUT2D eigenvalue weighted by Gasteiger charge is -2.05. The van der Waals surface area contributed by atoms with Crippen molar-refractivity contribution in [3.05, 3.63) is 77.4 Å². The molecule has 2 N–H and O–H groups in total. The van der Waals surface area contributed by atoms with Crippen molar-refractivity contribution >= 4 is 21.9 Å². The molecule has 0 saturated heterocycles. The predicted octanol–water partition coefficient (Wildman–Crippen LogP) is 4.33. The Labute approximate surface area is 142 Å². The number of hydrogen-bond acceptors (Lipinski definition) is 3. The minimum atomic E-state index is -0.131. The topological polar surface area (TPSA) is 74.7 Å². The molecule has 0 saturated carbocycles. The molecule has 0 bridgehead atoms. The number of fused-ring (bicyclic) bond motifs is 3. The second-order valence-corrected chi connectivity index (χ2v) is 5.89. The molecule has 0 radical (unpaired) electrons. The number of nitrogens with one attached hydrogen (secondary N) is 2. The lowest BCUT2D eigenvalue weighted by Crippen LogP contribution is -2.04. The van der Waals surface area contributed by atoms with E-state index in [0.717, 1.165) is 38.6 Å². The SMILES string of the molecule is O=c1cc(-c2cccc(-c3ncco3)c2)c2[nH]c3ccccc3c2[nH]1. The summed E-state index contributed by atoms with van der Waals surface area (Å²) in [5, 5.41) is 1.00. The summed E-state index contributed by atoms with van der Waals surface area (Å²) in [6, 6.07) is 17.4. The number of benzene rings is 2. The number of hydrogen-bond donors (Lipinski definition) is 2. The molecular formula is C20H13N3O2. The van der Waals surface area contributed by atoms with E-state index >= 15 is 0 Å². The Morgan fingerprint density at radius 2 is 1.76 bits per heavy atom. The maximum Gasteiger partial charge on any atom is 0.249 e. The van der Waals surface area contributed by atoms with E-state index in [1.165, 1.54) is 0 Å². The number of para-hydroxylation sites is 1. The molecule has 3 aromatic heterocycles. The van der Waals surface area contributed by atoms with Crippen molar-refractivity contribution in [3.8, 4) is 22.6 Å². The molecule has 0 aliphatic carbocycles. The average Bonchev–Trinajstić information content (AvgIpc) is 3.29. The van der Waals surface area contributed by atoms with Gasteiger partial charge in [0, 0.05) is 28.1 Å². The number of aromatic amines is 2. The lowest BCUT2D eigenvalue weighted by molar-refractivity contribution is 0.574. The van der Waals surface area contributed by atoms with Crippen molar-refractivity contribution in [3.63, 3.8) is 0 Å². The number of rotatable bonds is 2. The Morgan fingerprint density at radius 3 is 2.64 bits per heavy atom. The number of pyridine rings is 1. The quantitative estimate of drug-likeness (QED) is 0.507. The molecule has 5 rings (SSSR count). The molecule has 2 aromatic carbocycles. The fourth-order valence-corrected chi connectivity index (χ4v) is 3.25. The minimum absolute atomic E-state index is 0.131. The zero-order valence-electron chi connectivity index (χ0n) is 13.1. The number of nitrogens with zero attached hydrogens (tertiary/aromatic N) is 1. The zero-order chi connectivity index (χ0) is 16.8.